The number of carbonyl (C=O) groups is 3. The van der Waals surface area contributed by atoms with E-state index >= 15 is 0 Å². The van der Waals surface area contributed by atoms with Crippen molar-refractivity contribution in [3.63, 3.8) is 0 Å². The van der Waals surface area contributed by atoms with Gasteiger partial charge in [-0.05, 0) is 49.4 Å². The number of benzene rings is 2. The maximum absolute atomic E-state index is 12.5. The molecule has 2 amide bonds. The van der Waals surface area contributed by atoms with E-state index in [9.17, 15) is 14.4 Å². The first-order valence-electron chi connectivity index (χ1n) is 8.52. The van der Waals surface area contributed by atoms with Crippen LogP contribution in [0.15, 0.2) is 46.9 Å². The molecule has 1 N–H and O–H groups in total. The molecule has 6 nitrogen and oxygen atoms in total. The molecule has 7 heteroatoms. The molecule has 0 radical (unpaired) electrons. The van der Waals surface area contributed by atoms with Gasteiger partial charge in [-0.2, -0.15) is 0 Å². The molecule has 0 saturated heterocycles. The summed E-state index contributed by atoms with van der Waals surface area (Å²) in [5.41, 5.74) is 1.68. The Labute approximate surface area is 165 Å². The van der Waals surface area contributed by atoms with Gasteiger partial charge in [-0.1, -0.05) is 15.9 Å². The number of halogens is 1. The normalized spacial score (nSPS) is 15.7. The van der Waals surface area contributed by atoms with E-state index < -0.39 is 6.10 Å². The summed E-state index contributed by atoms with van der Waals surface area (Å²) in [6.07, 6.45) is -0.393. The second kappa shape index (κ2) is 7.92. The van der Waals surface area contributed by atoms with Crippen molar-refractivity contribution in [2.24, 2.45) is 0 Å². The largest absolute Gasteiger partial charge is 0.479 e. The third kappa shape index (κ3) is 4.36. The molecule has 1 aliphatic heterocycles. The number of amides is 2. The topological polar surface area (TPSA) is 75.7 Å². The van der Waals surface area contributed by atoms with E-state index in [1.165, 1.54) is 4.90 Å². The molecule has 1 unspecified atom stereocenters. The average Bonchev–Trinajstić information content (AvgIpc) is 2.66. The molecule has 1 aliphatic rings. The number of carbonyl (C=O) groups excluding carboxylic acids is 3. The van der Waals surface area contributed by atoms with E-state index in [4.69, 9.17) is 4.74 Å². The first-order valence-corrected chi connectivity index (χ1v) is 9.31. The lowest BCUT2D eigenvalue weighted by Crippen LogP contribution is -2.42. The molecule has 27 heavy (non-hydrogen) atoms. The fraction of sp³-hybridized carbons (Fsp3) is 0.250. The van der Waals surface area contributed by atoms with Crippen LogP contribution in [-0.4, -0.2) is 30.7 Å². The molecule has 0 saturated carbocycles. The second-order valence-corrected chi connectivity index (χ2v) is 7.23. The summed E-state index contributed by atoms with van der Waals surface area (Å²) in [4.78, 5) is 38.0. The predicted molar refractivity (Wildman–Crippen MR) is 106 cm³/mol. The lowest BCUT2D eigenvalue weighted by molar-refractivity contribution is -0.125. The lowest BCUT2D eigenvalue weighted by atomic mass is 10.0. The molecule has 140 valence electrons. The maximum Gasteiger partial charge on any atom is 0.267 e. The summed E-state index contributed by atoms with van der Waals surface area (Å²) >= 11 is 3.33. The SMILES string of the molecule is CC1Oc2ccc(C(=O)CCC(=O)Nc3ccc(Br)cc3)cc2N(C)C1=O. The number of likely N-dealkylation sites (N-methyl/N-ethyl adjacent to an activating group) is 1. The fourth-order valence-corrected chi connectivity index (χ4v) is 3.08. The van der Waals surface area contributed by atoms with Crippen LogP contribution in [0.2, 0.25) is 0 Å². The molecule has 3 rings (SSSR count). The quantitative estimate of drug-likeness (QED) is 0.731. The number of ether oxygens (including phenoxy) is 1. The van der Waals surface area contributed by atoms with Crippen molar-refractivity contribution in [1.82, 2.24) is 0 Å². The van der Waals surface area contributed by atoms with Crippen LogP contribution in [0.1, 0.15) is 30.1 Å². The molecule has 0 bridgehead atoms. The van der Waals surface area contributed by atoms with Gasteiger partial charge >= 0.3 is 0 Å². The van der Waals surface area contributed by atoms with Crippen molar-refractivity contribution in [3.8, 4) is 5.75 Å². The summed E-state index contributed by atoms with van der Waals surface area (Å²) < 4.78 is 6.47. The number of ketones is 1. The monoisotopic (exact) mass is 430 g/mol. The fourth-order valence-electron chi connectivity index (χ4n) is 2.81. The zero-order valence-electron chi connectivity index (χ0n) is 15.0. The summed E-state index contributed by atoms with van der Waals surface area (Å²) in [6, 6.07) is 12.2. The van der Waals surface area contributed by atoms with Gasteiger partial charge in [0.25, 0.3) is 5.91 Å². The van der Waals surface area contributed by atoms with Crippen LogP contribution < -0.4 is 15.0 Å². The molecular formula is C20H19BrN2O4. The van der Waals surface area contributed by atoms with Gasteiger partial charge < -0.3 is 15.0 Å². The first-order chi connectivity index (χ1) is 12.8. The smallest absolute Gasteiger partial charge is 0.267 e. The van der Waals surface area contributed by atoms with E-state index in [0.717, 1.165) is 4.47 Å². The highest BCUT2D eigenvalue weighted by Crippen LogP contribution is 2.34. The number of rotatable bonds is 5. The minimum atomic E-state index is -0.550. The van der Waals surface area contributed by atoms with E-state index in [0.29, 0.717) is 22.7 Å². The van der Waals surface area contributed by atoms with Crippen molar-refractivity contribution in [2.75, 3.05) is 17.3 Å². The summed E-state index contributed by atoms with van der Waals surface area (Å²) in [6.45, 7) is 1.69. The van der Waals surface area contributed by atoms with Gasteiger partial charge in [0.2, 0.25) is 5.91 Å². The van der Waals surface area contributed by atoms with Crippen molar-refractivity contribution in [2.45, 2.75) is 25.9 Å². The zero-order valence-corrected chi connectivity index (χ0v) is 16.6. The molecule has 1 atom stereocenters. The van der Waals surface area contributed by atoms with Crippen LogP contribution in [0.5, 0.6) is 5.75 Å². The van der Waals surface area contributed by atoms with E-state index in [1.54, 1.807) is 44.3 Å². The lowest BCUT2D eigenvalue weighted by Gasteiger charge is -2.30. The Kier molecular flexibility index (Phi) is 5.60. The molecule has 0 fully saturated rings. The van der Waals surface area contributed by atoms with E-state index in [-0.39, 0.29) is 30.4 Å². The van der Waals surface area contributed by atoms with Crippen LogP contribution >= 0.6 is 15.9 Å². The van der Waals surface area contributed by atoms with Gasteiger partial charge in [-0.25, -0.2) is 0 Å². The summed E-state index contributed by atoms with van der Waals surface area (Å²) in [5, 5.41) is 2.76. The van der Waals surface area contributed by atoms with Crippen molar-refractivity contribution >= 4 is 44.9 Å². The van der Waals surface area contributed by atoms with Crippen LogP contribution in [-0.2, 0) is 9.59 Å². The Balaban J connectivity index is 1.62. The van der Waals surface area contributed by atoms with Gasteiger partial charge in [0.1, 0.15) is 5.75 Å². The standard InChI is InChI=1S/C20H19BrN2O4/c1-12-20(26)23(2)16-11-13(3-9-18(16)27-12)17(24)8-10-19(25)22-15-6-4-14(21)5-7-15/h3-7,9,11-12H,8,10H2,1-2H3,(H,22,25). The molecule has 0 aromatic heterocycles. The highest BCUT2D eigenvalue weighted by atomic mass is 79.9. The van der Waals surface area contributed by atoms with Crippen molar-refractivity contribution in [3.05, 3.63) is 52.5 Å². The van der Waals surface area contributed by atoms with Crippen molar-refractivity contribution < 1.29 is 19.1 Å². The molecule has 2 aromatic rings. The Hall–Kier alpha value is -2.67. The second-order valence-electron chi connectivity index (χ2n) is 6.32. The molecule has 0 spiro atoms. The highest BCUT2D eigenvalue weighted by molar-refractivity contribution is 9.10. The Morgan fingerprint density at radius 1 is 1.15 bits per heavy atom. The average molecular weight is 431 g/mol. The minimum Gasteiger partial charge on any atom is -0.479 e. The first kappa shape index (κ1) is 19.1. The third-order valence-electron chi connectivity index (χ3n) is 4.33. The Morgan fingerprint density at radius 3 is 2.56 bits per heavy atom. The number of anilines is 2. The predicted octanol–water partition coefficient (Wildman–Crippen LogP) is 3.79. The van der Waals surface area contributed by atoms with Crippen LogP contribution in [0.3, 0.4) is 0 Å². The maximum atomic E-state index is 12.5. The highest BCUT2D eigenvalue weighted by Gasteiger charge is 2.29. The van der Waals surface area contributed by atoms with Crippen molar-refractivity contribution in [1.29, 1.82) is 0 Å². The number of hydrogen-bond acceptors (Lipinski definition) is 4. The zero-order chi connectivity index (χ0) is 19.6. The summed E-state index contributed by atoms with van der Waals surface area (Å²) in [5.74, 6) is 0.00594. The van der Waals surface area contributed by atoms with Gasteiger partial charge in [0, 0.05) is 35.6 Å². The van der Waals surface area contributed by atoms with E-state index in [1.807, 2.05) is 12.1 Å². The van der Waals surface area contributed by atoms with Gasteiger partial charge in [-0.15, -0.1) is 0 Å². The third-order valence-corrected chi connectivity index (χ3v) is 4.86. The summed E-state index contributed by atoms with van der Waals surface area (Å²) in [7, 11) is 1.65. The molecule has 1 heterocycles. The van der Waals surface area contributed by atoms with Crippen LogP contribution in [0.25, 0.3) is 0 Å². The number of Topliss-reactive ketones (excluding diaryl/α,β-unsaturated/α-hetero) is 1. The van der Waals surface area contributed by atoms with Gasteiger partial charge in [-0.3, -0.25) is 14.4 Å². The number of fused-ring (bicyclic) bond motifs is 1. The van der Waals surface area contributed by atoms with Crippen LogP contribution in [0.4, 0.5) is 11.4 Å². The minimum absolute atomic E-state index is 0.0777. The Morgan fingerprint density at radius 2 is 1.85 bits per heavy atom. The Bertz CT molecular complexity index is 895. The van der Waals surface area contributed by atoms with Gasteiger partial charge in [0.05, 0.1) is 5.69 Å². The molecule has 0 aliphatic carbocycles. The number of hydrogen-bond donors (Lipinski definition) is 1. The number of nitrogens with one attached hydrogen (secondary N) is 1. The van der Waals surface area contributed by atoms with Gasteiger partial charge in [0.15, 0.2) is 11.9 Å². The van der Waals surface area contributed by atoms with E-state index in [2.05, 4.69) is 21.2 Å². The molecular weight excluding hydrogens is 412 g/mol. The molecule has 2 aromatic carbocycles. The number of nitrogens with zero attached hydrogens (tertiary/aromatic N) is 1. The van der Waals surface area contributed by atoms with Crippen LogP contribution in [0, 0.1) is 0 Å².